The lowest BCUT2D eigenvalue weighted by atomic mass is 9.99. The van der Waals surface area contributed by atoms with Gasteiger partial charge in [0, 0.05) is 12.0 Å². The number of hydrogen-bond donors (Lipinski definition) is 0. The highest BCUT2D eigenvalue weighted by Crippen LogP contribution is 2.21. The number of aryl methyl sites for hydroxylation is 1. The van der Waals surface area contributed by atoms with E-state index in [-0.39, 0.29) is 17.5 Å². The van der Waals surface area contributed by atoms with Gasteiger partial charge in [0.1, 0.15) is 11.6 Å². The summed E-state index contributed by atoms with van der Waals surface area (Å²) in [5, 5.41) is 0. The second-order valence-electron chi connectivity index (χ2n) is 6.52. The van der Waals surface area contributed by atoms with Gasteiger partial charge >= 0.3 is 0 Å². The van der Waals surface area contributed by atoms with E-state index in [4.69, 9.17) is 0 Å². The van der Waals surface area contributed by atoms with Gasteiger partial charge in [0.15, 0.2) is 11.6 Å². The van der Waals surface area contributed by atoms with E-state index in [1.165, 1.54) is 26.0 Å². The molecule has 3 aromatic carbocycles. The molecule has 0 saturated carbocycles. The molecule has 26 heavy (non-hydrogen) atoms. The molecule has 0 saturated heterocycles. The fourth-order valence-corrected chi connectivity index (χ4v) is 2.85. The van der Waals surface area contributed by atoms with Crippen LogP contribution in [0.15, 0.2) is 48.5 Å². The molecule has 0 aliphatic carbocycles. The fourth-order valence-electron chi connectivity index (χ4n) is 2.85. The first kappa shape index (κ1) is 18.2. The Balaban J connectivity index is 1.76. The average molecular weight is 358 g/mol. The van der Waals surface area contributed by atoms with Crippen molar-refractivity contribution >= 4 is 0 Å². The molecule has 0 spiro atoms. The van der Waals surface area contributed by atoms with Crippen molar-refractivity contribution in [3.63, 3.8) is 0 Å². The Morgan fingerprint density at radius 2 is 1.15 bits per heavy atom. The minimum absolute atomic E-state index is 0.0106. The van der Waals surface area contributed by atoms with Gasteiger partial charge < -0.3 is 0 Å². The van der Waals surface area contributed by atoms with Crippen molar-refractivity contribution in [1.82, 2.24) is 0 Å². The Morgan fingerprint density at radius 3 is 1.73 bits per heavy atom. The van der Waals surface area contributed by atoms with Crippen LogP contribution < -0.4 is 0 Å². The molecule has 3 rings (SSSR count). The maximum absolute atomic E-state index is 14.0. The van der Waals surface area contributed by atoms with Crippen LogP contribution in [0.3, 0.4) is 0 Å². The van der Waals surface area contributed by atoms with Crippen LogP contribution in [-0.4, -0.2) is 0 Å². The molecular formula is C22H18F4. The van der Waals surface area contributed by atoms with Crippen molar-refractivity contribution in [2.75, 3.05) is 0 Å². The van der Waals surface area contributed by atoms with Crippen LogP contribution >= 0.6 is 0 Å². The quantitative estimate of drug-likeness (QED) is 0.499. The number of rotatable bonds is 4. The summed E-state index contributed by atoms with van der Waals surface area (Å²) >= 11 is 0. The fraction of sp³-hybridized carbons (Fsp3) is 0.182. The summed E-state index contributed by atoms with van der Waals surface area (Å²) in [6.07, 6.45) is 0.666. The first-order valence-corrected chi connectivity index (χ1v) is 8.31. The second-order valence-corrected chi connectivity index (χ2v) is 6.52. The first-order chi connectivity index (χ1) is 12.3. The van der Waals surface area contributed by atoms with Gasteiger partial charge in [0.25, 0.3) is 0 Å². The van der Waals surface area contributed by atoms with E-state index in [2.05, 4.69) is 0 Å². The minimum atomic E-state index is -0.820. The summed E-state index contributed by atoms with van der Waals surface area (Å²) in [5.74, 6) is -2.76. The van der Waals surface area contributed by atoms with Gasteiger partial charge in [0.05, 0.1) is 0 Å². The van der Waals surface area contributed by atoms with Crippen molar-refractivity contribution in [1.29, 1.82) is 0 Å². The molecule has 0 amide bonds. The molecule has 0 aliphatic rings. The standard InChI is InChI=1S/C22H18F4/c1-13-3-8-18(22(26)21(13)25)10-16-6-4-15(5-7-16)9-17-11-19(23)14(2)20(24)12-17/h3-8,11-12H,9-10H2,1-2H3. The molecule has 0 bridgehead atoms. The predicted molar refractivity (Wildman–Crippen MR) is 94.2 cm³/mol. The highest BCUT2D eigenvalue weighted by molar-refractivity contribution is 5.35. The van der Waals surface area contributed by atoms with Crippen LogP contribution in [0.25, 0.3) is 0 Å². The lowest BCUT2D eigenvalue weighted by Gasteiger charge is -2.08. The van der Waals surface area contributed by atoms with Gasteiger partial charge in [-0.25, -0.2) is 17.6 Å². The number of benzene rings is 3. The molecule has 0 nitrogen and oxygen atoms in total. The van der Waals surface area contributed by atoms with Crippen LogP contribution in [0.1, 0.15) is 33.4 Å². The highest BCUT2D eigenvalue weighted by Gasteiger charge is 2.11. The molecule has 0 fully saturated rings. The van der Waals surface area contributed by atoms with E-state index in [0.29, 0.717) is 17.5 Å². The van der Waals surface area contributed by atoms with Crippen LogP contribution in [0.4, 0.5) is 17.6 Å². The van der Waals surface area contributed by atoms with Crippen LogP contribution in [-0.2, 0) is 12.8 Å². The Morgan fingerprint density at radius 1 is 0.615 bits per heavy atom. The third kappa shape index (κ3) is 3.79. The van der Waals surface area contributed by atoms with E-state index < -0.39 is 23.3 Å². The molecule has 4 heteroatoms. The molecule has 0 aromatic heterocycles. The van der Waals surface area contributed by atoms with E-state index >= 15 is 0 Å². The molecule has 3 aromatic rings. The topological polar surface area (TPSA) is 0 Å². The normalized spacial score (nSPS) is 11.0. The SMILES string of the molecule is Cc1ccc(Cc2ccc(Cc3cc(F)c(C)c(F)c3)cc2)c(F)c1F. The Kier molecular flexibility index (Phi) is 5.12. The summed E-state index contributed by atoms with van der Waals surface area (Å²) in [4.78, 5) is 0. The van der Waals surface area contributed by atoms with Gasteiger partial charge in [-0.2, -0.15) is 0 Å². The maximum atomic E-state index is 14.0. The van der Waals surface area contributed by atoms with Gasteiger partial charge in [-0.3, -0.25) is 0 Å². The van der Waals surface area contributed by atoms with Gasteiger partial charge in [0.2, 0.25) is 0 Å². The smallest absolute Gasteiger partial charge is 0.162 e. The van der Waals surface area contributed by atoms with Gasteiger partial charge in [-0.1, -0.05) is 36.4 Å². The molecule has 0 radical (unpaired) electrons. The van der Waals surface area contributed by atoms with Gasteiger partial charge in [-0.05, 0) is 60.2 Å². The van der Waals surface area contributed by atoms with Crippen molar-refractivity contribution in [2.45, 2.75) is 26.7 Å². The Hall–Kier alpha value is -2.62. The third-order valence-electron chi connectivity index (χ3n) is 4.52. The molecule has 0 unspecified atom stereocenters. The van der Waals surface area contributed by atoms with Crippen LogP contribution in [0.5, 0.6) is 0 Å². The maximum Gasteiger partial charge on any atom is 0.162 e. The summed E-state index contributed by atoms with van der Waals surface area (Å²) in [7, 11) is 0. The zero-order valence-corrected chi connectivity index (χ0v) is 14.5. The second kappa shape index (κ2) is 7.32. The lowest BCUT2D eigenvalue weighted by Crippen LogP contribution is -1.99. The highest BCUT2D eigenvalue weighted by atomic mass is 19.2. The monoisotopic (exact) mass is 358 g/mol. The zero-order chi connectivity index (χ0) is 18.8. The van der Waals surface area contributed by atoms with Gasteiger partial charge in [-0.15, -0.1) is 0 Å². The van der Waals surface area contributed by atoms with Crippen LogP contribution in [0, 0.1) is 37.1 Å². The summed E-state index contributed by atoms with van der Waals surface area (Å²) in [6.45, 7) is 2.92. The molecular weight excluding hydrogens is 340 g/mol. The number of hydrogen-bond acceptors (Lipinski definition) is 0. The van der Waals surface area contributed by atoms with Crippen LogP contribution in [0.2, 0.25) is 0 Å². The molecule has 0 aliphatic heterocycles. The summed E-state index contributed by atoms with van der Waals surface area (Å²) < 4.78 is 54.9. The first-order valence-electron chi connectivity index (χ1n) is 8.31. The Labute approximate surface area is 150 Å². The van der Waals surface area contributed by atoms with Crippen molar-refractivity contribution in [3.8, 4) is 0 Å². The minimum Gasteiger partial charge on any atom is -0.207 e. The molecule has 0 heterocycles. The Bertz CT molecular complexity index is 920. The average Bonchev–Trinajstić information content (AvgIpc) is 2.61. The lowest BCUT2D eigenvalue weighted by molar-refractivity contribution is 0.495. The summed E-state index contributed by atoms with van der Waals surface area (Å²) in [6, 6.07) is 13.1. The largest absolute Gasteiger partial charge is 0.207 e. The van der Waals surface area contributed by atoms with E-state index in [1.807, 2.05) is 24.3 Å². The predicted octanol–water partition coefficient (Wildman–Crippen LogP) is 6.04. The summed E-state index contributed by atoms with van der Waals surface area (Å²) in [5.41, 5.74) is 2.84. The van der Waals surface area contributed by atoms with E-state index in [0.717, 1.165) is 11.1 Å². The molecule has 0 N–H and O–H groups in total. The number of halogens is 4. The van der Waals surface area contributed by atoms with Crippen molar-refractivity contribution in [3.05, 3.63) is 105 Å². The van der Waals surface area contributed by atoms with E-state index in [9.17, 15) is 17.6 Å². The van der Waals surface area contributed by atoms with E-state index in [1.54, 1.807) is 12.1 Å². The van der Waals surface area contributed by atoms with Crippen molar-refractivity contribution < 1.29 is 17.6 Å². The van der Waals surface area contributed by atoms with Crippen molar-refractivity contribution in [2.24, 2.45) is 0 Å². The third-order valence-corrected chi connectivity index (χ3v) is 4.52. The zero-order valence-electron chi connectivity index (χ0n) is 14.5. The molecule has 134 valence electrons. The molecule has 0 atom stereocenters.